The molecule has 6 rings (SSSR count). The van der Waals surface area contributed by atoms with Crippen LogP contribution in [0.25, 0.3) is 11.5 Å². The van der Waals surface area contributed by atoms with Crippen molar-refractivity contribution in [3.8, 4) is 11.5 Å². The molecule has 166 valence electrons. The fourth-order valence-electron chi connectivity index (χ4n) is 5.32. The molecule has 9 heteroatoms. The molecule has 5 heterocycles. The standard InChI is InChI=1S/C23H29N9/c1-30-9-11-31(12-10-30)17-5-6-19(25-13-17)28-22-26-14-18-21(29-22)32-20(15-24-18)27-16-23(32)7-3-2-4-8-23/h5-6,13-15,27H,2-4,7-12,16H2,1H3. The lowest BCUT2D eigenvalue weighted by Gasteiger charge is -2.36. The molecule has 1 aliphatic carbocycles. The number of nitrogens with one attached hydrogen (secondary N) is 1. The zero-order valence-corrected chi connectivity index (χ0v) is 18.5. The summed E-state index contributed by atoms with van der Waals surface area (Å²) >= 11 is 0. The molecule has 0 atom stereocenters. The Morgan fingerprint density at radius 2 is 1.78 bits per heavy atom. The molecule has 9 nitrogen and oxygen atoms in total. The van der Waals surface area contributed by atoms with Crippen LogP contribution in [0.4, 0.5) is 17.3 Å². The van der Waals surface area contributed by atoms with Crippen LogP contribution in [-0.4, -0.2) is 69.2 Å². The van der Waals surface area contributed by atoms with E-state index in [-0.39, 0.29) is 5.54 Å². The van der Waals surface area contributed by atoms with Crippen molar-refractivity contribution < 1.29 is 0 Å². The van der Waals surface area contributed by atoms with E-state index in [1.807, 2.05) is 18.5 Å². The van der Waals surface area contributed by atoms with E-state index < -0.39 is 0 Å². The molecule has 5 aliphatic rings. The number of aromatic nitrogens is 5. The van der Waals surface area contributed by atoms with E-state index in [2.05, 4.69) is 52.7 Å². The summed E-state index contributed by atoms with van der Waals surface area (Å²) in [6.07, 6.45) is 11.7. The van der Waals surface area contributed by atoms with Crippen molar-refractivity contribution in [1.29, 1.82) is 0 Å². The second-order valence-corrected chi connectivity index (χ2v) is 9.27. The number of piperazine rings is 1. The normalized spacial score (nSPS) is 21.2. The first-order valence-electron chi connectivity index (χ1n) is 11.6. The molecule has 2 fully saturated rings. The van der Waals surface area contributed by atoms with Crippen molar-refractivity contribution in [2.24, 2.45) is 4.99 Å². The summed E-state index contributed by atoms with van der Waals surface area (Å²) in [6.45, 7) is 5.13. The quantitative estimate of drug-likeness (QED) is 0.666. The SMILES string of the molecule is CN1CCN(c2ccc(N=c3ncc4ncc5n(c-4n3)C3(CCCCC3)CN5)nc2)CC1. The maximum Gasteiger partial charge on any atom is 0.253 e. The van der Waals surface area contributed by atoms with E-state index in [1.54, 1.807) is 6.20 Å². The predicted octanol–water partition coefficient (Wildman–Crippen LogP) is 2.24. The molecular formula is C23H29N9. The average Bonchev–Trinajstić information content (AvgIpc) is 3.19. The molecule has 0 amide bonds. The first kappa shape index (κ1) is 19.6. The summed E-state index contributed by atoms with van der Waals surface area (Å²) in [7, 11) is 2.16. The number of hydrogen-bond acceptors (Lipinski definition) is 8. The van der Waals surface area contributed by atoms with Crippen molar-refractivity contribution in [3.05, 3.63) is 36.3 Å². The Morgan fingerprint density at radius 1 is 0.938 bits per heavy atom. The van der Waals surface area contributed by atoms with Crippen molar-refractivity contribution in [2.75, 3.05) is 50.0 Å². The van der Waals surface area contributed by atoms with Crippen LogP contribution in [-0.2, 0) is 5.54 Å². The van der Waals surface area contributed by atoms with Crippen LogP contribution in [0.3, 0.4) is 0 Å². The fourth-order valence-corrected chi connectivity index (χ4v) is 5.32. The molecule has 1 saturated carbocycles. The third-order valence-electron chi connectivity index (χ3n) is 7.19. The maximum absolute atomic E-state index is 4.84. The molecule has 0 unspecified atom stereocenters. The molecule has 32 heavy (non-hydrogen) atoms. The minimum Gasteiger partial charge on any atom is -0.368 e. The Hall–Kier alpha value is -3.07. The van der Waals surface area contributed by atoms with Gasteiger partial charge in [-0.2, -0.15) is 9.98 Å². The Labute approximate surface area is 187 Å². The van der Waals surface area contributed by atoms with Gasteiger partial charge >= 0.3 is 0 Å². The Kier molecular flexibility index (Phi) is 4.78. The molecule has 1 spiro atoms. The van der Waals surface area contributed by atoms with Gasteiger partial charge in [0.05, 0.1) is 29.8 Å². The minimum absolute atomic E-state index is 0.0861. The third kappa shape index (κ3) is 3.40. The Bertz CT molecular complexity index is 1130. The maximum atomic E-state index is 4.84. The number of pyridine rings is 1. The van der Waals surface area contributed by atoms with Crippen molar-refractivity contribution in [2.45, 2.75) is 37.6 Å². The molecule has 0 aromatic carbocycles. The number of likely N-dealkylation sites (N-methyl/N-ethyl adjacent to an activating group) is 1. The molecule has 0 bridgehead atoms. The summed E-state index contributed by atoms with van der Waals surface area (Å²) in [5.74, 6) is 2.52. The highest BCUT2D eigenvalue weighted by molar-refractivity contribution is 5.57. The minimum atomic E-state index is 0.0861. The van der Waals surface area contributed by atoms with E-state index in [4.69, 9.17) is 4.98 Å². The zero-order valence-electron chi connectivity index (χ0n) is 18.5. The highest BCUT2D eigenvalue weighted by atomic mass is 15.3. The fraction of sp³-hybridized carbons (Fsp3) is 0.522. The lowest BCUT2D eigenvalue weighted by Crippen LogP contribution is -2.44. The molecule has 1 saturated heterocycles. The average molecular weight is 432 g/mol. The van der Waals surface area contributed by atoms with Crippen LogP contribution in [0.2, 0.25) is 0 Å². The van der Waals surface area contributed by atoms with Crippen LogP contribution >= 0.6 is 0 Å². The van der Waals surface area contributed by atoms with Crippen LogP contribution in [0, 0.1) is 0 Å². The number of nitrogens with zero attached hydrogens (tertiary/aromatic N) is 8. The number of rotatable bonds is 2. The number of hydrogen-bond donors (Lipinski definition) is 1. The van der Waals surface area contributed by atoms with Gasteiger partial charge in [0.2, 0.25) is 0 Å². The number of anilines is 2. The summed E-state index contributed by atoms with van der Waals surface area (Å²) in [5, 5.41) is 3.55. The summed E-state index contributed by atoms with van der Waals surface area (Å²) in [5.41, 5.74) is 2.46. The second kappa shape index (κ2) is 7.81. The topological polar surface area (TPSA) is 87.4 Å². The molecular weight excluding hydrogens is 402 g/mol. The van der Waals surface area contributed by atoms with E-state index in [0.29, 0.717) is 11.4 Å². The molecule has 1 aromatic rings. The van der Waals surface area contributed by atoms with Gasteiger partial charge in [0, 0.05) is 32.7 Å². The van der Waals surface area contributed by atoms with Crippen LogP contribution in [0.15, 0.2) is 35.7 Å². The van der Waals surface area contributed by atoms with Gasteiger partial charge in [-0.3, -0.25) is 0 Å². The zero-order chi connectivity index (χ0) is 21.5. The Morgan fingerprint density at radius 3 is 2.56 bits per heavy atom. The lowest BCUT2D eigenvalue weighted by atomic mass is 9.82. The Balaban J connectivity index is 1.34. The number of fused-ring (bicyclic) bond motifs is 4. The molecule has 4 aliphatic heterocycles. The lowest BCUT2D eigenvalue weighted by molar-refractivity contribution is 0.228. The predicted molar refractivity (Wildman–Crippen MR) is 123 cm³/mol. The van der Waals surface area contributed by atoms with Crippen LogP contribution < -0.4 is 15.8 Å². The first-order valence-corrected chi connectivity index (χ1v) is 11.6. The van der Waals surface area contributed by atoms with Crippen LogP contribution in [0.1, 0.15) is 32.1 Å². The van der Waals surface area contributed by atoms with Gasteiger partial charge in [0.1, 0.15) is 11.5 Å². The van der Waals surface area contributed by atoms with E-state index in [9.17, 15) is 0 Å². The molecule has 0 radical (unpaired) electrons. The second-order valence-electron chi connectivity index (χ2n) is 9.27. The van der Waals surface area contributed by atoms with Crippen molar-refractivity contribution >= 4 is 17.3 Å². The van der Waals surface area contributed by atoms with E-state index in [1.165, 1.54) is 32.1 Å². The van der Waals surface area contributed by atoms with Gasteiger partial charge in [-0.05, 0) is 32.0 Å². The van der Waals surface area contributed by atoms with Crippen molar-refractivity contribution in [1.82, 2.24) is 29.4 Å². The molecule has 1 aromatic heterocycles. The van der Waals surface area contributed by atoms with Gasteiger partial charge < -0.3 is 19.7 Å². The molecule has 1 N–H and O–H groups in total. The summed E-state index contributed by atoms with van der Waals surface area (Å²) in [6, 6.07) is 4.04. The largest absolute Gasteiger partial charge is 0.368 e. The third-order valence-corrected chi connectivity index (χ3v) is 7.19. The monoisotopic (exact) mass is 431 g/mol. The van der Waals surface area contributed by atoms with Gasteiger partial charge in [0.25, 0.3) is 5.62 Å². The summed E-state index contributed by atoms with van der Waals surface area (Å²) < 4.78 is 2.36. The van der Waals surface area contributed by atoms with Gasteiger partial charge in [-0.15, -0.1) is 0 Å². The van der Waals surface area contributed by atoms with E-state index >= 15 is 0 Å². The van der Waals surface area contributed by atoms with Gasteiger partial charge in [0.15, 0.2) is 11.6 Å². The van der Waals surface area contributed by atoms with Crippen LogP contribution in [0.5, 0.6) is 0 Å². The first-order chi connectivity index (χ1) is 15.7. The smallest absolute Gasteiger partial charge is 0.253 e. The summed E-state index contributed by atoms with van der Waals surface area (Å²) in [4.78, 5) is 27.8. The van der Waals surface area contributed by atoms with Gasteiger partial charge in [-0.25, -0.2) is 15.0 Å². The highest BCUT2D eigenvalue weighted by Crippen LogP contribution is 2.43. The van der Waals surface area contributed by atoms with Crippen molar-refractivity contribution in [3.63, 3.8) is 0 Å². The highest BCUT2D eigenvalue weighted by Gasteiger charge is 2.41. The van der Waals surface area contributed by atoms with E-state index in [0.717, 1.165) is 55.7 Å². The van der Waals surface area contributed by atoms with Gasteiger partial charge in [-0.1, -0.05) is 19.3 Å².